The second-order valence-corrected chi connectivity index (χ2v) is 8.63. The van der Waals surface area contributed by atoms with Gasteiger partial charge in [-0.15, -0.1) is 0 Å². The van der Waals surface area contributed by atoms with Crippen molar-refractivity contribution in [3.63, 3.8) is 0 Å². The van der Waals surface area contributed by atoms with Crippen LogP contribution in [0.2, 0.25) is 5.02 Å². The Morgan fingerprint density at radius 2 is 2.21 bits per heavy atom. The number of nitrogens with zero attached hydrogens (tertiary/aromatic N) is 3. The summed E-state index contributed by atoms with van der Waals surface area (Å²) in [7, 11) is -2.94. The van der Waals surface area contributed by atoms with E-state index in [0.29, 0.717) is 11.4 Å². The number of anilines is 1. The van der Waals surface area contributed by atoms with E-state index in [-0.39, 0.29) is 17.5 Å². The third-order valence-electron chi connectivity index (χ3n) is 4.15. The zero-order valence-corrected chi connectivity index (χ0v) is 15.1. The fourth-order valence-corrected chi connectivity index (χ4v) is 4.80. The molecule has 1 aromatic carbocycles. The summed E-state index contributed by atoms with van der Waals surface area (Å²) in [5.41, 5.74) is 6.37. The molecule has 2 aromatic rings. The number of benzene rings is 1. The molecule has 1 aromatic heterocycles. The fraction of sp³-hybridized carbons (Fsp3) is 0.375. The van der Waals surface area contributed by atoms with Crippen LogP contribution in [0.15, 0.2) is 29.4 Å². The van der Waals surface area contributed by atoms with Crippen molar-refractivity contribution < 1.29 is 8.42 Å². The average molecular weight is 367 g/mol. The minimum Gasteiger partial charge on any atom is -0.278 e. The summed E-state index contributed by atoms with van der Waals surface area (Å²) >= 11 is 5.94. The molecule has 0 amide bonds. The maximum Gasteiger partial charge on any atom is 0.152 e. The number of sulfone groups is 1. The van der Waals surface area contributed by atoms with E-state index in [9.17, 15) is 8.42 Å². The highest BCUT2D eigenvalue weighted by Crippen LogP contribution is 2.26. The second kappa shape index (κ2) is 6.57. The summed E-state index contributed by atoms with van der Waals surface area (Å²) in [6, 6.07) is 7.21. The number of nitrogens with one attached hydrogen (secondary N) is 1. The van der Waals surface area contributed by atoms with Crippen LogP contribution >= 0.6 is 11.6 Å². The zero-order valence-electron chi connectivity index (χ0n) is 13.5. The van der Waals surface area contributed by atoms with Gasteiger partial charge < -0.3 is 0 Å². The van der Waals surface area contributed by atoms with E-state index in [4.69, 9.17) is 11.6 Å². The van der Waals surface area contributed by atoms with Crippen molar-refractivity contribution in [2.24, 2.45) is 5.10 Å². The molecule has 1 fully saturated rings. The summed E-state index contributed by atoms with van der Waals surface area (Å²) < 4.78 is 25.2. The number of rotatable bonds is 4. The van der Waals surface area contributed by atoms with E-state index in [1.54, 1.807) is 18.3 Å². The Morgan fingerprint density at radius 3 is 2.88 bits per heavy atom. The molecule has 0 radical (unpaired) electrons. The lowest BCUT2D eigenvalue weighted by molar-refractivity contribution is 0.486. The van der Waals surface area contributed by atoms with Crippen LogP contribution < -0.4 is 5.43 Å². The maximum atomic E-state index is 11.7. The molecular formula is C16H19ClN4O2S. The molecule has 1 N–H and O–H groups in total. The minimum atomic E-state index is -2.94. The molecule has 0 unspecified atom stereocenters. The minimum absolute atomic E-state index is 0.0864. The van der Waals surface area contributed by atoms with Gasteiger partial charge in [0.25, 0.3) is 0 Å². The van der Waals surface area contributed by atoms with Crippen molar-refractivity contribution in [3.8, 4) is 0 Å². The van der Waals surface area contributed by atoms with Crippen molar-refractivity contribution >= 4 is 33.3 Å². The SMILES string of the molecule is Cc1nn([C@H]2CCS(=O)(=O)C2)c(C)c1/C=N\Nc1cccc(Cl)c1. The van der Waals surface area contributed by atoms with Gasteiger partial charge in [-0.3, -0.25) is 10.1 Å². The average Bonchev–Trinajstić information content (AvgIpc) is 3.00. The van der Waals surface area contributed by atoms with Gasteiger partial charge in [-0.1, -0.05) is 17.7 Å². The lowest BCUT2D eigenvalue weighted by Crippen LogP contribution is -2.14. The Bertz CT molecular complexity index is 889. The molecule has 2 heterocycles. The van der Waals surface area contributed by atoms with Crippen LogP contribution in [0, 0.1) is 13.8 Å². The summed E-state index contributed by atoms with van der Waals surface area (Å²) in [5, 5.41) is 9.38. The molecule has 6 nitrogen and oxygen atoms in total. The highest BCUT2D eigenvalue weighted by Gasteiger charge is 2.31. The normalized spacial score (nSPS) is 19.9. The Balaban J connectivity index is 1.78. The van der Waals surface area contributed by atoms with Crippen molar-refractivity contribution in [2.45, 2.75) is 26.3 Å². The van der Waals surface area contributed by atoms with Gasteiger partial charge in [-0.2, -0.15) is 10.2 Å². The predicted molar refractivity (Wildman–Crippen MR) is 96.7 cm³/mol. The van der Waals surface area contributed by atoms with Gasteiger partial charge in [0.1, 0.15) is 0 Å². The van der Waals surface area contributed by atoms with E-state index in [2.05, 4.69) is 15.6 Å². The molecule has 3 rings (SSSR count). The second-order valence-electron chi connectivity index (χ2n) is 5.97. The summed E-state index contributed by atoms with van der Waals surface area (Å²) in [6.45, 7) is 3.83. The monoisotopic (exact) mass is 366 g/mol. The fourth-order valence-electron chi connectivity index (χ4n) is 2.92. The molecule has 0 saturated carbocycles. The Labute approximate surface area is 146 Å². The van der Waals surface area contributed by atoms with Crippen molar-refractivity contribution in [1.29, 1.82) is 0 Å². The first-order chi connectivity index (χ1) is 11.4. The highest BCUT2D eigenvalue weighted by molar-refractivity contribution is 7.91. The van der Waals surface area contributed by atoms with Crippen LogP contribution in [0.4, 0.5) is 5.69 Å². The number of halogens is 1. The number of aromatic nitrogens is 2. The van der Waals surface area contributed by atoms with E-state index in [0.717, 1.165) is 22.6 Å². The quantitative estimate of drug-likeness (QED) is 0.666. The van der Waals surface area contributed by atoms with Gasteiger partial charge >= 0.3 is 0 Å². The van der Waals surface area contributed by atoms with E-state index in [1.165, 1.54) is 0 Å². The standard InChI is InChI=1S/C16H19ClN4O2S/c1-11-16(9-18-19-14-5-3-4-13(17)8-14)12(2)21(20-11)15-6-7-24(22,23)10-15/h3-5,8-9,15,19H,6-7,10H2,1-2H3/b18-9-/t15-/m0/s1. The molecule has 128 valence electrons. The summed E-state index contributed by atoms with van der Waals surface area (Å²) in [6.07, 6.45) is 2.32. The smallest absolute Gasteiger partial charge is 0.152 e. The summed E-state index contributed by atoms with van der Waals surface area (Å²) in [5.74, 6) is 0.391. The van der Waals surface area contributed by atoms with Gasteiger partial charge in [0.2, 0.25) is 0 Å². The Kier molecular flexibility index (Phi) is 4.64. The molecule has 1 aliphatic rings. The molecule has 0 spiro atoms. The first-order valence-corrected chi connectivity index (χ1v) is 9.86. The van der Waals surface area contributed by atoms with Gasteiger partial charge in [-0.25, -0.2) is 8.42 Å². The van der Waals surface area contributed by atoms with Crippen LogP contribution in [0.5, 0.6) is 0 Å². The van der Waals surface area contributed by atoms with Crippen molar-refractivity contribution in [2.75, 3.05) is 16.9 Å². The molecule has 8 heteroatoms. The third kappa shape index (κ3) is 3.62. The van der Waals surface area contributed by atoms with Crippen LogP contribution in [0.1, 0.15) is 29.4 Å². The molecule has 1 saturated heterocycles. The lowest BCUT2D eigenvalue weighted by atomic mass is 10.2. The van der Waals surface area contributed by atoms with E-state index in [1.807, 2.05) is 30.7 Å². The number of hydrazone groups is 1. The number of hydrogen-bond donors (Lipinski definition) is 1. The zero-order chi connectivity index (χ0) is 17.3. The van der Waals surface area contributed by atoms with Gasteiger partial charge in [-0.05, 0) is 38.5 Å². The molecular weight excluding hydrogens is 348 g/mol. The van der Waals surface area contributed by atoms with Crippen LogP contribution in [0.3, 0.4) is 0 Å². The van der Waals surface area contributed by atoms with Gasteiger partial charge in [0.05, 0.1) is 35.1 Å². The maximum absolute atomic E-state index is 11.7. The van der Waals surface area contributed by atoms with Crippen LogP contribution in [-0.2, 0) is 9.84 Å². The highest BCUT2D eigenvalue weighted by atomic mass is 35.5. The Hall–Kier alpha value is -1.86. The van der Waals surface area contributed by atoms with Crippen LogP contribution in [-0.4, -0.2) is 35.9 Å². The molecule has 1 aliphatic heterocycles. The number of aryl methyl sites for hydroxylation is 1. The first-order valence-electron chi connectivity index (χ1n) is 7.66. The predicted octanol–water partition coefficient (Wildman–Crippen LogP) is 2.96. The van der Waals surface area contributed by atoms with Crippen LogP contribution in [0.25, 0.3) is 0 Å². The Morgan fingerprint density at radius 1 is 1.42 bits per heavy atom. The van der Waals surface area contributed by atoms with Gasteiger partial charge in [0, 0.05) is 16.3 Å². The van der Waals surface area contributed by atoms with Crippen molar-refractivity contribution in [1.82, 2.24) is 9.78 Å². The molecule has 24 heavy (non-hydrogen) atoms. The van der Waals surface area contributed by atoms with Gasteiger partial charge in [0.15, 0.2) is 9.84 Å². The molecule has 0 aliphatic carbocycles. The first kappa shape index (κ1) is 17.0. The summed E-state index contributed by atoms with van der Waals surface area (Å²) in [4.78, 5) is 0. The lowest BCUT2D eigenvalue weighted by Gasteiger charge is -2.10. The molecule has 0 bridgehead atoms. The largest absolute Gasteiger partial charge is 0.278 e. The molecule has 1 atom stereocenters. The van der Waals surface area contributed by atoms with E-state index < -0.39 is 9.84 Å². The number of hydrogen-bond acceptors (Lipinski definition) is 5. The van der Waals surface area contributed by atoms with Crippen molar-refractivity contribution in [3.05, 3.63) is 46.2 Å². The topological polar surface area (TPSA) is 76.3 Å². The van der Waals surface area contributed by atoms with E-state index >= 15 is 0 Å². The third-order valence-corrected chi connectivity index (χ3v) is 6.13.